The molecule has 0 aliphatic rings. The third-order valence-corrected chi connectivity index (χ3v) is 4.17. The number of carbonyl (C=O) groups excluding carboxylic acids is 1. The van der Waals surface area contributed by atoms with Crippen molar-refractivity contribution >= 4 is 5.91 Å². The second-order valence-corrected chi connectivity index (χ2v) is 6.26. The molecule has 6 heteroatoms. The van der Waals surface area contributed by atoms with Gasteiger partial charge in [0.2, 0.25) is 5.91 Å². The predicted octanol–water partition coefficient (Wildman–Crippen LogP) is 2.17. The summed E-state index contributed by atoms with van der Waals surface area (Å²) in [6.07, 6.45) is 0. The Labute approximate surface area is 147 Å². The minimum Gasteiger partial charge on any atom is -0.334 e. The highest BCUT2D eigenvalue weighted by Crippen LogP contribution is 2.10. The average Bonchev–Trinajstić information content (AvgIpc) is 2.58. The Kier molecular flexibility index (Phi) is 5.71. The summed E-state index contributed by atoms with van der Waals surface area (Å²) >= 11 is 0. The first-order valence-electron chi connectivity index (χ1n) is 8.17. The smallest absolute Gasteiger partial charge is 0.285 e. The maximum Gasteiger partial charge on any atom is 0.285 e. The van der Waals surface area contributed by atoms with Crippen molar-refractivity contribution < 1.29 is 4.79 Å². The predicted molar refractivity (Wildman–Crippen MR) is 94.8 cm³/mol. The van der Waals surface area contributed by atoms with E-state index in [0.717, 1.165) is 10.2 Å². The van der Waals surface area contributed by atoms with E-state index in [-0.39, 0.29) is 24.1 Å². The van der Waals surface area contributed by atoms with Crippen LogP contribution in [0.25, 0.3) is 0 Å². The molecule has 25 heavy (non-hydrogen) atoms. The summed E-state index contributed by atoms with van der Waals surface area (Å²) in [5.74, 6) is -0.208. The van der Waals surface area contributed by atoms with Gasteiger partial charge in [-0.05, 0) is 38.8 Å². The molecule has 0 spiro atoms. The summed E-state index contributed by atoms with van der Waals surface area (Å²) in [7, 11) is 0. The first-order valence-corrected chi connectivity index (χ1v) is 8.17. The zero-order valence-corrected chi connectivity index (χ0v) is 15.0. The molecule has 1 heterocycles. The van der Waals surface area contributed by atoms with Gasteiger partial charge in [-0.3, -0.25) is 9.59 Å². The Bertz CT molecular complexity index is 863. The standard InChI is InChI=1S/C19H22N4O2/c1-13(2)22(11-16-8-6-5-7-9-16)18(24)12-23-19(25)17(10-20)14(3)15(4)21-23/h5-9,13H,11-12H2,1-4H3. The molecule has 0 aliphatic carbocycles. The lowest BCUT2D eigenvalue weighted by atomic mass is 10.1. The minimum absolute atomic E-state index is 0.0228. The number of nitrogens with zero attached hydrogens (tertiary/aromatic N) is 4. The van der Waals surface area contributed by atoms with Crippen LogP contribution in [0.2, 0.25) is 0 Å². The maximum atomic E-state index is 12.7. The van der Waals surface area contributed by atoms with Crippen LogP contribution in [0.15, 0.2) is 35.1 Å². The molecule has 0 N–H and O–H groups in total. The number of aryl methyl sites for hydroxylation is 1. The van der Waals surface area contributed by atoms with Crippen LogP contribution in [-0.4, -0.2) is 26.6 Å². The summed E-state index contributed by atoms with van der Waals surface area (Å²) < 4.78 is 1.09. The number of hydrogen-bond donors (Lipinski definition) is 0. The molecule has 0 radical (unpaired) electrons. The molecule has 0 bridgehead atoms. The lowest BCUT2D eigenvalue weighted by Gasteiger charge is -2.27. The van der Waals surface area contributed by atoms with E-state index in [0.29, 0.717) is 17.8 Å². The van der Waals surface area contributed by atoms with Crippen molar-refractivity contribution in [3.05, 3.63) is 63.1 Å². The summed E-state index contributed by atoms with van der Waals surface area (Å²) in [4.78, 5) is 26.8. The molecular weight excluding hydrogens is 316 g/mol. The Balaban J connectivity index is 2.29. The first kappa shape index (κ1) is 18.4. The molecule has 0 aliphatic heterocycles. The maximum absolute atomic E-state index is 12.7. The molecule has 1 aromatic carbocycles. The second kappa shape index (κ2) is 7.75. The van der Waals surface area contributed by atoms with Gasteiger partial charge in [0.15, 0.2) is 0 Å². The third-order valence-electron chi connectivity index (χ3n) is 4.17. The van der Waals surface area contributed by atoms with E-state index in [1.165, 1.54) is 0 Å². The van der Waals surface area contributed by atoms with Crippen LogP contribution < -0.4 is 5.56 Å². The molecule has 6 nitrogen and oxygen atoms in total. The third kappa shape index (κ3) is 4.13. The first-order chi connectivity index (χ1) is 11.8. The van der Waals surface area contributed by atoms with Crippen molar-refractivity contribution in [2.24, 2.45) is 0 Å². The lowest BCUT2D eigenvalue weighted by molar-refractivity contribution is -0.134. The number of carbonyl (C=O) groups is 1. The number of amides is 1. The summed E-state index contributed by atoms with van der Waals surface area (Å²) in [6, 6.07) is 11.6. The van der Waals surface area contributed by atoms with Crippen LogP contribution in [0.4, 0.5) is 0 Å². The normalized spacial score (nSPS) is 10.6. The van der Waals surface area contributed by atoms with E-state index in [4.69, 9.17) is 0 Å². The van der Waals surface area contributed by atoms with Gasteiger partial charge in [0.1, 0.15) is 18.2 Å². The van der Waals surface area contributed by atoms with E-state index in [2.05, 4.69) is 5.10 Å². The van der Waals surface area contributed by atoms with Crippen LogP contribution in [0.5, 0.6) is 0 Å². The monoisotopic (exact) mass is 338 g/mol. The van der Waals surface area contributed by atoms with Gasteiger partial charge in [-0.25, -0.2) is 4.68 Å². The fourth-order valence-corrected chi connectivity index (χ4v) is 2.57. The molecule has 0 atom stereocenters. The van der Waals surface area contributed by atoms with E-state index >= 15 is 0 Å². The van der Waals surface area contributed by atoms with Gasteiger partial charge in [0.25, 0.3) is 5.56 Å². The SMILES string of the molecule is Cc1nn(CC(=O)N(Cc2ccccc2)C(C)C)c(=O)c(C#N)c1C. The van der Waals surface area contributed by atoms with Crippen LogP contribution in [-0.2, 0) is 17.9 Å². The fraction of sp³-hybridized carbons (Fsp3) is 0.368. The molecule has 0 fully saturated rings. The Morgan fingerprint density at radius 3 is 2.48 bits per heavy atom. The van der Waals surface area contributed by atoms with E-state index < -0.39 is 5.56 Å². The molecular formula is C19H22N4O2. The number of rotatable bonds is 5. The van der Waals surface area contributed by atoms with Gasteiger partial charge in [-0.2, -0.15) is 10.4 Å². The number of hydrogen-bond acceptors (Lipinski definition) is 4. The highest BCUT2D eigenvalue weighted by atomic mass is 16.2. The number of benzene rings is 1. The summed E-state index contributed by atoms with van der Waals surface area (Å²) in [5, 5.41) is 13.4. The topological polar surface area (TPSA) is 79.0 Å². The van der Waals surface area contributed by atoms with Crippen molar-refractivity contribution in [1.82, 2.24) is 14.7 Å². The van der Waals surface area contributed by atoms with Gasteiger partial charge >= 0.3 is 0 Å². The van der Waals surface area contributed by atoms with E-state index in [9.17, 15) is 14.9 Å². The van der Waals surface area contributed by atoms with Crippen molar-refractivity contribution in [3.63, 3.8) is 0 Å². The Morgan fingerprint density at radius 1 is 1.28 bits per heavy atom. The van der Waals surface area contributed by atoms with Crippen LogP contribution >= 0.6 is 0 Å². The van der Waals surface area contributed by atoms with Gasteiger partial charge in [0, 0.05) is 12.6 Å². The minimum atomic E-state index is -0.526. The fourth-order valence-electron chi connectivity index (χ4n) is 2.57. The molecule has 0 unspecified atom stereocenters. The molecule has 1 amide bonds. The van der Waals surface area contributed by atoms with Crippen molar-refractivity contribution in [2.75, 3.05) is 0 Å². The van der Waals surface area contributed by atoms with Crippen molar-refractivity contribution in [2.45, 2.75) is 46.8 Å². The van der Waals surface area contributed by atoms with Crippen LogP contribution in [0.3, 0.4) is 0 Å². The second-order valence-electron chi connectivity index (χ2n) is 6.26. The zero-order valence-electron chi connectivity index (χ0n) is 15.0. The highest BCUT2D eigenvalue weighted by molar-refractivity contribution is 5.76. The molecule has 1 aromatic heterocycles. The highest BCUT2D eigenvalue weighted by Gasteiger charge is 2.20. The van der Waals surface area contributed by atoms with Crippen LogP contribution in [0.1, 0.15) is 36.2 Å². The van der Waals surface area contributed by atoms with Gasteiger partial charge in [-0.1, -0.05) is 30.3 Å². The molecule has 2 aromatic rings. The van der Waals surface area contributed by atoms with Gasteiger partial charge < -0.3 is 4.90 Å². The van der Waals surface area contributed by atoms with E-state index in [1.54, 1.807) is 18.7 Å². The zero-order chi connectivity index (χ0) is 18.6. The number of aromatic nitrogens is 2. The molecule has 2 rings (SSSR count). The molecule has 130 valence electrons. The van der Waals surface area contributed by atoms with Crippen LogP contribution in [0, 0.1) is 25.2 Å². The van der Waals surface area contributed by atoms with E-state index in [1.807, 2.05) is 50.2 Å². The lowest BCUT2D eigenvalue weighted by Crippen LogP contribution is -2.41. The largest absolute Gasteiger partial charge is 0.334 e. The van der Waals surface area contributed by atoms with Gasteiger partial charge in [-0.15, -0.1) is 0 Å². The quantitative estimate of drug-likeness (QED) is 0.837. The van der Waals surface area contributed by atoms with Crippen molar-refractivity contribution in [1.29, 1.82) is 5.26 Å². The molecule has 0 saturated carbocycles. The van der Waals surface area contributed by atoms with Gasteiger partial charge in [0.05, 0.1) is 5.69 Å². The Morgan fingerprint density at radius 2 is 1.92 bits per heavy atom. The summed E-state index contributed by atoms with van der Waals surface area (Å²) in [6.45, 7) is 7.54. The molecule has 0 saturated heterocycles. The average molecular weight is 338 g/mol. The summed E-state index contributed by atoms with van der Waals surface area (Å²) in [5.41, 5.74) is 1.66. The number of nitriles is 1. The van der Waals surface area contributed by atoms with Crippen molar-refractivity contribution in [3.8, 4) is 6.07 Å². The Hall–Kier alpha value is -2.94.